The maximum atomic E-state index is 14.5. The van der Waals surface area contributed by atoms with E-state index in [4.69, 9.17) is 28.4 Å². The number of rotatable bonds is 9. The van der Waals surface area contributed by atoms with E-state index in [1.165, 1.54) is 12.0 Å². The monoisotopic (exact) mass is 944 g/mol. The second-order valence-electron chi connectivity index (χ2n) is 20.3. The molecule has 0 aromatic rings. The summed E-state index contributed by atoms with van der Waals surface area (Å²) in [5.74, 6) is -6.09. The lowest BCUT2D eigenvalue weighted by Crippen LogP contribution is -2.61. The molecular weight excluding hydrogens is 859 g/mol. The Morgan fingerprint density at radius 1 is 0.821 bits per heavy atom. The number of ether oxygens (including phenoxy) is 6. The van der Waals surface area contributed by atoms with Gasteiger partial charge in [-0.1, -0.05) is 71.1 Å². The zero-order valence-corrected chi connectivity index (χ0v) is 42.2. The van der Waals surface area contributed by atoms with Crippen molar-refractivity contribution in [2.24, 2.45) is 35.5 Å². The van der Waals surface area contributed by atoms with E-state index in [0.29, 0.717) is 63.4 Å². The van der Waals surface area contributed by atoms with E-state index < -0.39 is 65.9 Å². The van der Waals surface area contributed by atoms with Gasteiger partial charge in [-0.15, -0.1) is 0 Å². The molecule has 3 N–H and O–H groups in total. The van der Waals surface area contributed by atoms with Crippen LogP contribution in [0.2, 0.25) is 0 Å². The number of carbonyl (C=O) groups excluding carboxylic acids is 4. The van der Waals surface area contributed by atoms with Crippen molar-refractivity contribution in [3.8, 4) is 0 Å². The van der Waals surface area contributed by atoms with Crippen LogP contribution in [0.25, 0.3) is 0 Å². The van der Waals surface area contributed by atoms with Crippen molar-refractivity contribution in [3.05, 3.63) is 47.6 Å². The lowest BCUT2D eigenvalue weighted by atomic mass is 9.78. The summed E-state index contributed by atoms with van der Waals surface area (Å²) in [6, 6.07) is -1.02. The summed E-state index contributed by atoms with van der Waals surface area (Å²) in [5.41, 5.74) is 1.51. The first kappa shape index (κ1) is 56.5. The minimum absolute atomic E-state index is 0.0636. The number of allylic oxidation sites excluding steroid dienone is 6. The lowest BCUT2D eigenvalue weighted by molar-refractivity contribution is -0.265. The first-order valence-corrected chi connectivity index (χ1v) is 25.1. The number of fused-ring (bicyclic) bond motifs is 3. The lowest BCUT2D eigenvalue weighted by Gasteiger charge is -2.42. The van der Waals surface area contributed by atoms with Gasteiger partial charge in [0.1, 0.15) is 24.4 Å². The van der Waals surface area contributed by atoms with Gasteiger partial charge in [-0.2, -0.15) is 0 Å². The number of piperidine rings is 1. The van der Waals surface area contributed by atoms with Gasteiger partial charge in [-0.3, -0.25) is 14.4 Å². The van der Waals surface area contributed by atoms with Gasteiger partial charge in [0.2, 0.25) is 5.79 Å². The van der Waals surface area contributed by atoms with Crippen molar-refractivity contribution in [1.29, 1.82) is 0 Å². The quantitative estimate of drug-likeness (QED) is 0.122. The second kappa shape index (κ2) is 27.3. The highest BCUT2D eigenvalue weighted by Gasteiger charge is 2.53. The fraction of sp³-hybridized carbons (Fsp3) is 0.774. The largest absolute Gasteiger partial charge is 0.461 e. The van der Waals surface area contributed by atoms with E-state index in [1.54, 1.807) is 28.1 Å². The number of ketones is 2. The number of methoxy groups -OCH3 is 3. The van der Waals surface area contributed by atoms with Crippen LogP contribution < -0.4 is 0 Å². The van der Waals surface area contributed by atoms with Gasteiger partial charge < -0.3 is 48.6 Å². The van der Waals surface area contributed by atoms with Gasteiger partial charge >= 0.3 is 5.97 Å². The number of nitrogens with zero attached hydrogens (tertiary/aromatic N) is 1. The Balaban J connectivity index is 1.67. The predicted octanol–water partition coefficient (Wildman–Crippen LogP) is 7.02. The molecule has 0 aromatic carbocycles. The van der Waals surface area contributed by atoms with Crippen LogP contribution in [0.1, 0.15) is 132 Å². The summed E-state index contributed by atoms with van der Waals surface area (Å²) in [4.78, 5) is 58.0. The van der Waals surface area contributed by atoms with Crippen molar-refractivity contribution < 1.29 is 62.9 Å². The van der Waals surface area contributed by atoms with Crippen LogP contribution in [0.15, 0.2) is 47.6 Å². The summed E-state index contributed by atoms with van der Waals surface area (Å²) < 4.78 is 35.9. The van der Waals surface area contributed by atoms with E-state index in [1.807, 2.05) is 64.2 Å². The molecular formula is C53H85NO13. The molecule has 1 amide bonds. The van der Waals surface area contributed by atoms with Crippen LogP contribution >= 0.6 is 0 Å². The number of aliphatic hydroxyl groups is 3. The van der Waals surface area contributed by atoms with Crippen molar-refractivity contribution >= 4 is 23.4 Å². The molecule has 380 valence electrons. The number of esters is 1. The molecule has 3 fully saturated rings. The van der Waals surface area contributed by atoms with Crippen LogP contribution in [0.5, 0.6) is 0 Å². The molecule has 0 aromatic heterocycles. The second-order valence-corrected chi connectivity index (χ2v) is 20.3. The van der Waals surface area contributed by atoms with Crippen molar-refractivity contribution in [3.63, 3.8) is 0 Å². The third kappa shape index (κ3) is 15.7. The number of carbonyl (C=O) groups is 4. The van der Waals surface area contributed by atoms with Crippen molar-refractivity contribution in [1.82, 2.24) is 4.90 Å². The van der Waals surface area contributed by atoms with Crippen molar-refractivity contribution in [2.45, 2.75) is 186 Å². The topological polar surface area (TPSA) is 188 Å². The number of Topliss-reactive ketones (excluding diaryl/α,β-unsaturated/α-hetero) is 2. The molecule has 0 unspecified atom stereocenters. The molecule has 1 saturated carbocycles. The Morgan fingerprint density at radius 2 is 1.57 bits per heavy atom. The Hall–Kier alpha value is -3.08. The molecule has 1 aliphatic carbocycles. The van der Waals surface area contributed by atoms with E-state index >= 15 is 0 Å². The van der Waals surface area contributed by atoms with Gasteiger partial charge in [0, 0.05) is 46.1 Å². The maximum absolute atomic E-state index is 14.5. The molecule has 4 aliphatic rings. The minimum atomic E-state index is -2.38. The van der Waals surface area contributed by atoms with E-state index in [0.717, 1.165) is 31.3 Å². The molecule has 2 bridgehead atoms. The highest BCUT2D eigenvalue weighted by Crippen LogP contribution is 2.38. The molecule has 14 nitrogen and oxygen atoms in total. The zero-order valence-electron chi connectivity index (χ0n) is 42.2. The van der Waals surface area contributed by atoms with Crippen LogP contribution in [0.4, 0.5) is 0 Å². The SMILES string of the molecule is CO[C@H]1C[C@@H]2CC[C@@H](C)[C@@](O)(O2)C(=O)C(=O)N2CCCC[C@H]2C(=O)O[C@H]([C@H](C)C[C@@H]2CC[C@@H](OCCO)[C@H](OC)C2)CC[C@H](C)/C=C(\C)[C@@H](O)[C@@H](OC)C(=O)[C@H](C)C[C@H](C)/C=C/C=CC=C1C. The Kier molecular flexibility index (Phi) is 23.1. The van der Waals surface area contributed by atoms with E-state index in [-0.39, 0.29) is 67.3 Å². The van der Waals surface area contributed by atoms with E-state index in [9.17, 15) is 34.5 Å². The number of cyclic esters (lactones) is 1. The highest BCUT2D eigenvalue weighted by atomic mass is 16.6. The Labute approximate surface area is 400 Å². The molecule has 3 aliphatic heterocycles. The molecule has 14 heteroatoms. The standard InChI is InChI=1S/C53H85NO13/c1-33-16-12-11-13-17-35(3)45(62-8)32-41-22-20-39(7)53(61,67-41)50(58)51(59)54-25-15-14-18-42(54)52(60)66-43(36(4)30-40-21-24-44(65-27-26-55)46(31-40)63-9)23-19-34(2)29-38(6)48(57)49(64-10)47(56)37(5)28-33/h11-13,16-17,29,33-34,36-37,39-46,48-49,55,57,61H,14-15,18-28,30-32H2,1-10H3/b13-11?,16-12+,35-17?,38-29+/t33-,34+,36-,37-,39-,40+,41+,42+,43+,44-,45+,46-,48-,49+,53-/m1/s1. The van der Waals surface area contributed by atoms with Gasteiger partial charge in [0.15, 0.2) is 5.78 Å². The third-order valence-electron chi connectivity index (χ3n) is 14.9. The highest BCUT2D eigenvalue weighted by molar-refractivity contribution is 6.39. The summed E-state index contributed by atoms with van der Waals surface area (Å²) in [6.45, 7) is 13.8. The number of hydrogen-bond acceptors (Lipinski definition) is 13. The average Bonchev–Trinajstić information content (AvgIpc) is 3.31. The van der Waals surface area contributed by atoms with Crippen LogP contribution in [0, 0.1) is 35.5 Å². The summed E-state index contributed by atoms with van der Waals surface area (Å²) in [6.07, 6.45) is 15.3. The molecule has 4 rings (SSSR count). The van der Waals surface area contributed by atoms with Gasteiger partial charge in [0.05, 0.1) is 37.6 Å². The summed E-state index contributed by atoms with van der Waals surface area (Å²) in [5, 5.41) is 32.8. The maximum Gasteiger partial charge on any atom is 0.329 e. The predicted molar refractivity (Wildman–Crippen MR) is 256 cm³/mol. The molecule has 0 spiro atoms. The van der Waals surface area contributed by atoms with Gasteiger partial charge in [0.25, 0.3) is 11.7 Å². The third-order valence-corrected chi connectivity index (χ3v) is 14.9. The summed E-state index contributed by atoms with van der Waals surface area (Å²) >= 11 is 0. The fourth-order valence-corrected chi connectivity index (χ4v) is 10.7. The zero-order chi connectivity index (χ0) is 49.4. The van der Waals surface area contributed by atoms with E-state index in [2.05, 4.69) is 6.92 Å². The molecule has 2 saturated heterocycles. The first-order valence-electron chi connectivity index (χ1n) is 25.1. The van der Waals surface area contributed by atoms with Gasteiger partial charge in [-0.25, -0.2) is 4.79 Å². The minimum Gasteiger partial charge on any atom is -0.461 e. The number of hydrogen-bond donors (Lipinski definition) is 3. The van der Waals surface area contributed by atoms with Crippen molar-refractivity contribution in [2.75, 3.05) is 41.1 Å². The number of aliphatic hydroxyl groups excluding tert-OH is 2. The Morgan fingerprint density at radius 3 is 2.25 bits per heavy atom. The Bertz CT molecular complexity index is 1730. The van der Waals surface area contributed by atoms with Crippen LogP contribution in [-0.4, -0.2) is 139 Å². The normalized spacial score (nSPS) is 38.3. The number of amides is 1. The molecule has 0 radical (unpaired) electrons. The molecule has 67 heavy (non-hydrogen) atoms. The van der Waals surface area contributed by atoms with Gasteiger partial charge in [-0.05, 0) is 126 Å². The van der Waals surface area contributed by atoms with Crippen LogP contribution in [0.3, 0.4) is 0 Å². The first-order chi connectivity index (χ1) is 31.9. The fourth-order valence-electron chi connectivity index (χ4n) is 10.7. The smallest absolute Gasteiger partial charge is 0.329 e. The molecule has 3 heterocycles. The summed E-state index contributed by atoms with van der Waals surface area (Å²) in [7, 11) is 4.71. The average molecular weight is 944 g/mol. The molecule has 15 atom stereocenters. The van der Waals surface area contributed by atoms with Crippen LogP contribution in [-0.2, 0) is 47.6 Å².